The lowest BCUT2D eigenvalue weighted by molar-refractivity contribution is 1.31. The van der Waals surface area contributed by atoms with Gasteiger partial charge in [0.15, 0.2) is 0 Å². The van der Waals surface area contributed by atoms with Crippen LogP contribution in [0.1, 0.15) is 5.56 Å². The van der Waals surface area contributed by atoms with Gasteiger partial charge in [0.2, 0.25) is 0 Å². The molecule has 0 amide bonds. The van der Waals surface area contributed by atoms with E-state index < -0.39 is 0 Å². The van der Waals surface area contributed by atoms with E-state index in [0.717, 1.165) is 16.3 Å². The van der Waals surface area contributed by atoms with Crippen molar-refractivity contribution in [3.8, 4) is 0 Å². The smallest absolute Gasteiger partial charge is 0.138 e. The van der Waals surface area contributed by atoms with Crippen LogP contribution < -0.4 is 0 Å². The van der Waals surface area contributed by atoms with E-state index in [4.69, 9.17) is 23.2 Å². The zero-order valence-corrected chi connectivity index (χ0v) is 8.52. The molecule has 66 valence electrons. The monoisotopic (exact) mass is 211 g/mol. The number of rotatable bonds is 0. The van der Waals surface area contributed by atoms with Crippen molar-refractivity contribution in [1.82, 2.24) is 4.98 Å². The summed E-state index contributed by atoms with van der Waals surface area (Å²) in [6, 6.07) is 5.72. The summed E-state index contributed by atoms with van der Waals surface area (Å²) in [5.41, 5.74) is 1.09. The Kier molecular flexibility index (Phi) is 2.14. The lowest BCUT2D eigenvalue weighted by atomic mass is 10.1. The molecule has 1 aromatic heterocycles. The summed E-state index contributed by atoms with van der Waals surface area (Å²) in [5, 5.41) is 3.02. The quantitative estimate of drug-likeness (QED) is 0.604. The van der Waals surface area contributed by atoms with Crippen LogP contribution in [-0.4, -0.2) is 4.98 Å². The summed E-state index contributed by atoms with van der Waals surface area (Å²) in [7, 11) is 0. The molecule has 0 atom stereocenters. The van der Waals surface area contributed by atoms with Gasteiger partial charge in [0.25, 0.3) is 0 Å². The highest BCUT2D eigenvalue weighted by molar-refractivity contribution is 6.41. The van der Waals surface area contributed by atoms with E-state index in [0.29, 0.717) is 10.2 Å². The van der Waals surface area contributed by atoms with Gasteiger partial charge < -0.3 is 0 Å². The molecule has 0 fully saturated rings. The molecule has 13 heavy (non-hydrogen) atoms. The van der Waals surface area contributed by atoms with Crippen LogP contribution in [0.15, 0.2) is 24.4 Å². The second-order valence-electron chi connectivity index (χ2n) is 2.89. The number of hydrogen-bond donors (Lipinski definition) is 0. The van der Waals surface area contributed by atoms with Crippen LogP contribution >= 0.6 is 23.2 Å². The first-order valence-corrected chi connectivity index (χ1v) is 4.65. The molecule has 1 heterocycles. The zero-order chi connectivity index (χ0) is 9.42. The zero-order valence-electron chi connectivity index (χ0n) is 7.01. The van der Waals surface area contributed by atoms with Gasteiger partial charge in [-0.25, -0.2) is 4.98 Å². The molecule has 0 aliphatic carbocycles. The van der Waals surface area contributed by atoms with Crippen molar-refractivity contribution in [2.45, 2.75) is 6.92 Å². The van der Waals surface area contributed by atoms with Crippen molar-refractivity contribution >= 4 is 34.0 Å². The van der Waals surface area contributed by atoms with Crippen LogP contribution in [0.4, 0.5) is 0 Å². The van der Waals surface area contributed by atoms with E-state index in [9.17, 15) is 0 Å². The van der Waals surface area contributed by atoms with Gasteiger partial charge in [-0.15, -0.1) is 0 Å². The molecular formula is C10H7Cl2N. The van der Waals surface area contributed by atoms with E-state index in [-0.39, 0.29) is 0 Å². The highest BCUT2D eigenvalue weighted by atomic mass is 35.5. The van der Waals surface area contributed by atoms with Crippen molar-refractivity contribution in [1.29, 1.82) is 0 Å². The molecule has 0 spiro atoms. The fraction of sp³-hybridized carbons (Fsp3) is 0.100. The molecule has 2 aromatic rings. The van der Waals surface area contributed by atoms with Crippen molar-refractivity contribution < 1.29 is 0 Å². The summed E-state index contributed by atoms with van der Waals surface area (Å²) in [4.78, 5) is 4.05. The molecule has 0 unspecified atom stereocenters. The standard InChI is InChI=1S/C10H7Cl2N/c1-6-5-13-10(12)9-7(6)3-2-4-8(9)11/h2-5H,1H3. The first kappa shape index (κ1) is 8.79. The minimum absolute atomic E-state index is 0.464. The fourth-order valence-electron chi connectivity index (χ4n) is 1.35. The van der Waals surface area contributed by atoms with E-state index >= 15 is 0 Å². The minimum Gasteiger partial charge on any atom is -0.244 e. The molecule has 0 bridgehead atoms. The third kappa shape index (κ3) is 1.38. The van der Waals surface area contributed by atoms with Crippen molar-refractivity contribution in [3.63, 3.8) is 0 Å². The number of nitrogens with zero attached hydrogens (tertiary/aromatic N) is 1. The topological polar surface area (TPSA) is 12.9 Å². The third-order valence-corrected chi connectivity index (χ3v) is 2.62. The molecular weight excluding hydrogens is 205 g/mol. The molecule has 2 rings (SSSR count). The van der Waals surface area contributed by atoms with Gasteiger partial charge in [-0.05, 0) is 23.9 Å². The lowest BCUT2D eigenvalue weighted by Gasteiger charge is -2.04. The van der Waals surface area contributed by atoms with Gasteiger partial charge in [0.1, 0.15) is 5.15 Å². The number of hydrogen-bond acceptors (Lipinski definition) is 1. The molecule has 0 N–H and O–H groups in total. The largest absolute Gasteiger partial charge is 0.244 e. The number of fused-ring (bicyclic) bond motifs is 1. The Morgan fingerprint density at radius 2 is 2.00 bits per heavy atom. The predicted molar refractivity (Wildman–Crippen MR) is 56.5 cm³/mol. The molecule has 1 aromatic carbocycles. The molecule has 0 saturated carbocycles. The Balaban J connectivity index is 3.00. The number of halogens is 2. The second-order valence-corrected chi connectivity index (χ2v) is 3.66. The highest BCUT2D eigenvalue weighted by Gasteiger charge is 2.05. The Morgan fingerprint density at radius 1 is 1.23 bits per heavy atom. The van der Waals surface area contributed by atoms with Crippen LogP contribution in [0, 0.1) is 6.92 Å². The predicted octanol–water partition coefficient (Wildman–Crippen LogP) is 3.85. The molecule has 3 heteroatoms. The lowest BCUT2D eigenvalue weighted by Crippen LogP contribution is -1.84. The molecule has 1 nitrogen and oxygen atoms in total. The van der Waals surface area contributed by atoms with Crippen LogP contribution in [0.5, 0.6) is 0 Å². The second kappa shape index (κ2) is 3.17. The maximum atomic E-state index is 6.01. The van der Waals surface area contributed by atoms with Crippen LogP contribution in [-0.2, 0) is 0 Å². The van der Waals surface area contributed by atoms with Crippen molar-refractivity contribution in [2.24, 2.45) is 0 Å². The van der Waals surface area contributed by atoms with Gasteiger partial charge in [-0.2, -0.15) is 0 Å². The van der Waals surface area contributed by atoms with Crippen molar-refractivity contribution in [2.75, 3.05) is 0 Å². The average molecular weight is 212 g/mol. The SMILES string of the molecule is Cc1cnc(Cl)c2c(Cl)cccc12. The van der Waals surface area contributed by atoms with Crippen LogP contribution in [0.2, 0.25) is 10.2 Å². The van der Waals surface area contributed by atoms with Gasteiger partial charge in [0.05, 0.1) is 5.02 Å². The summed E-state index contributed by atoms with van der Waals surface area (Å²) >= 11 is 11.9. The molecule has 0 radical (unpaired) electrons. The molecule has 0 saturated heterocycles. The first-order chi connectivity index (χ1) is 6.20. The van der Waals surface area contributed by atoms with Crippen LogP contribution in [0.3, 0.4) is 0 Å². The van der Waals surface area contributed by atoms with Crippen LogP contribution in [0.25, 0.3) is 10.8 Å². The Labute approximate surface area is 86.3 Å². The number of aromatic nitrogens is 1. The third-order valence-electron chi connectivity index (χ3n) is 2.02. The van der Waals surface area contributed by atoms with E-state index in [1.165, 1.54) is 0 Å². The number of benzene rings is 1. The summed E-state index contributed by atoms with van der Waals surface area (Å²) in [5.74, 6) is 0. The maximum absolute atomic E-state index is 6.01. The summed E-state index contributed by atoms with van der Waals surface area (Å²) < 4.78 is 0. The van der Waals surface area contributed by atoms with Gasteiger partial charge in [-0.3, -0.25) is 0 Å². The van der Waals surface area contributed by atoms with Gasteiger partial charge in [0, 0.05) is 11.6 Å². The average Bonchev–Trinajstić information content (AvgIpc) is 2.12. The minimum atomic E-state index is 0.464. The van der Waals surface area contributed by atoms with Crippen molar-refractivity contribution in [3.05, 3.63) is 40.1 Å². The highest BCUT2D eigenvalue weighted by Crippen LogP contribution is 2.30. The number of pyridine rings is 1. The Hall–Kier alpha value is -0.790. The normalized spacial score (nSPS) is 10.7. The Morgan fingerprint density at radius 3 is 2.69 bits per heavy atom. The van der Waals surface area contributed by atoms with E-state index in [1.807, 2.05) is 25.1 Å². The maximum Gasteiger partial charge on any atom is 0.138 e. The Bertz CT molecular complexity index is 457. The van der Waals surface area contributed by atoms with E-state index in [1.54, 1.807) is 6.20 Å². The van der Waals surface area contributed by atoms with Gasteiger partial charge >= 0.3 is 0 Å². The fourth-order valence-corrected chi connectivity index (χ4v) is 1.91. The molecule has 0 aliphatic rings. The number of aryl methyl sites for hydroxylation is 1. The molecule has 0 aliphatic heterocycles. The van der Waals surface area contributed by atoms with E-state index in [2.05, 4.69) is 4.98 Å². The van der Waals surface area contributed by atoms with Gasteiger partial charge in [-0.1, -0.05) is 35.3 Å². The first-order valence-electron chi connectivity index (χ1n) is 3.89. The summed E-state index contributed by atoms with van der Waals surface area (Å²) in [6.07, 6.45) is 1.75. The summed E-state index contributed by atoms with van der Waals surface area (Å²) in [6.45, 7) is 1.99.